The Morgan fingerprint density at radius 3 is 3.00 bits per heavy atom. The molecule has 4 rings (SSSR count). The molecule has 1 aliphatic carbocycles. The zero-order chi connectivity index (χ0) is 11.4. The van der Waals surface area contributed by atoms with Crippen LogP contribution in [0, 0.1) is 5.92 Å². The summed E-state index contributed by atoms with van der Waals surface area (Å²) >= 11 is 3.49. The lowest BCUT2D eigenvalue weighted by Crippen LogP contribution is -2.29. The molecule has 3 atom stereocenters. The van der Waals surface area contributed by atoms with Gasteiger partial charge in [0.25, 0.3) is 0 Å². The van der Waals surface area contributed by atoms with Crippen LogP contribution in [0.1, 0.15) is 31.1 Å². The Morgan fingerprint density at radius 1 is 1.29 bits per heavy atom. The van der Waals surface area contributed by atoms with Crippen LogP contribution in [0.25, 0.3) is 11.0 Å². The summed E-state index contributed by atoms with van der Waals surface area (Å²) in [5.41, 5.74) is 2.19. The average Bonchev–Trinajstić information content (AvgIpc) is 3.01. The van der Waals surface area contributed by atoms with Crippen molar-refractivity contribution in [2.24, 2.45) is 5.92 Å². The summed E-state index contributed by atoms with van der Waals surface area (Å²) in [6.45, 7) is 0. The molecule has 0 unspecified atom stereocenters. The number of nitrogens with one attached hydrogen (secondary N) is 2. The van der Waals surface area contributed by atoms with Gasteiger partial charge in [0.2, 0.25) is 0 Å². The lowest BCUT2D eigenvalue weighted by molar-refractivity contribution is 0.380. The van der Waals surface area contributed by atoms with Crippen molar-refractivity contribution in [3.8, 4) is 0 Å². The topological polar surface area (TPSA) is 40.7 Å². The highest BCUT2D eigenvalue weighted by Gasteiger charge is 2.41. The highest BCUT2D eigenvalue weighted by molar-refractivity contribution is 9.10. The summed E-state index contributed by atoms with van der Waals surface area (Å²) in [5, 5.41) is 3.68. The SMILES string of the molecule is Brc1ccc2nc([C@H]3N[C@@H]4CC[C@H]3C4)[nH]c2c1. The molecular weight excluding hydrogens is 278 g/mol. The van der Waals surface area contributed by atoms with Crippen LogP contribution in [0.5, 0.6) is 0 Å². The van der Waals surface area contributed by atoms with Crippen molar-refractivity contribution in [2.75, 3.05) is 0 Å². The fourth-order valence-electron chi connectivity index (χ4n) is 3.31. The fourth-order valence-corrected chi connectivity index (χ4v) is 3.67. The maximum Gasteiger partial charge on any atom is 0.124 e. The van der Waals surface area contributed by atoms with Gasteiger partial charge < -0.3 is 10.3 Å². The van der Waals surface area contributed by atoms with Crippen molar-refractivity contribution in [3.63, 3.8) is 0 Å². The van der Waals surface area contributed by atoms with Crippen LogP contribution in [0.2, 0.25) is 0 Å². The minimum absolute atomic E-state index is 0.444. The van der Waals surface area contributed by atoms with Gasteiger partial charge in [-0.1, -0.05) is 15.9 Å². The van der Waals surface area contributed by atoms with E-state index in [1.165, 1.54) is 19.3 Å². The molecule has 2 bridgehead atoms. The first-order valence-electron chi connectivity index (χ1n) is 6.21. The lowest BCUT2D eigenvalue weighted by Gasteiger charge is -2.20. The van der Waals surface area contributed by atoms with Gasteiger partial charge in [-0.15, -0.1) is 0 Å². The predicted octanol–water partition coefficient (Wildman–Crippen LogP) is 3.14. The lowest BCUT2D eigenvalue weighted by atomic mass is 10.00. The number of piperidine rings is 1. The van der Waals surface area contributed by atoms with E-state index >= 15 is 0 Å². The van der Waals surface area contributed by atoms with Gasteiger partial charge in [-0.05, 0) is 43.4 Å². The molecule has 2 N–H and O–H groups in total. The number of nitrogens with zero attached hydrogens (tertiary/aromatic N) is 1. The third-order valence-electron chi connectivity index (χ3n) is 4.12. The molecule has 0 amide bonds. The van der Waals surface area contributed by atoms with Crippen LogP contribution in [0.4, 0.5) is 0 Å². The van der Waals surface area contributed by atoms with Crippen molar-refractivity contribution in [2.45, 2.75) is 31.3 Å². The third-order valence-corrected chi connectivity index (χ3v) is 4.61. The number of halogens is 1. The second-order valence-corrected chi connectivity index (χ2v) is 6.11. The molecule has 17 heavy (non-hydrogen) atoms. The summed E-state index contributed by atoms with van der Waals surface area (Å²) in [6, 6.07) is 7.37. The van der Waals surface area contributed by atoms with Gasteiger partial charge in [0.05, 0.1) is 17.1 Å². The normalized spacial score (nSPS) is 31.5. The Hall–Kier alpha value is -0.870. The van der Waals surface area contributed by atoms with E-state index in [1.807, 2.05) is 6.07 Å². The number of fused-ring (bicyclic) bond motifs is 3. The number of benzene rings is 1. The molecule has 2 aromatic rings. The van der Waals surface area contributed by atoms with Gasteiger partial charge >= 0.3 is 0 Å². The molecule has 1 aliphatic heterocycles. The van der Waals surface area contributed by atoms with Crippen molar-refractivity contribution in [1.82, 2.24) is 15.3 Å². The van der Waals surface area contributed by atoms with E-state index in [9.17, 15) is 0 Å². The smallest absolute Gasteiger partial charge is 0.124 e. The Labute approximate surface area is 108 Å². The zero-order valence-corrected chi connectivity index (χ0v) is 11.0. The highest BCUT2D eigenvalue weighted by Crippen LogP contribution is 2.42. The molecule has 0 radical (unpaired) electrons. The maximum absolute atomic E-state index is 4.72. The summed E-state index contributed by atoms with van der Waals surface area (Å²) in [6.07, 6.45) is 4.02. The fraction of sp³-hybridized carbons (Fsp3) is 0.462. The number of imidazole rings is 1. The number of H-pyrrole nitrogens is 1. The molecule has 1 aromatic heterocycles. The Bertz CT molecular complexity index is 577. The highest BCUT2D eigenvalue weighted by atomic mass is 79.9. The van der Waals surface area contributed by atoms with Gasteiger partial charge in [-0.2, -0.15) is 0 Å². The van der Waals surface area contributed by atoms with Gasteiger partial charge in [-0.25, -0.2) is 4.98 Å². The Kier molecular flexibility index (Phi) is 2.11. The summed E-state index contributed by atoms with van der Waals surface area (Å²) in [4.78, 5) is 8.18. The second-order valence-electron chi connectivity index (χ2n) is 5.20. The molecule has 1 saturated heterocycles. The van der Waals surface area contributed by atoms with Crippen LogP contribution in [-0.4, -0.2) is 16.0 Å². The second kappa shape index (κ2) is 3.56. The largest absolute Gasteiger partial charge is 0.341 e. The summed E-state index contributed by atoms with van der Waals surface area (Å²) < 4.78 is 1.10. The number of hydrogen-bond donors (Lipinski definition) is 2. The monoisotopic (exact) mass is 291 g/mol. The van der Waals surface area contributed by atoms with E-state index in [1.54, 1.807) is 0 Å². The molecule has 1 aromatic carbocycles. The van der Waals surface area contributed by atoms with E-state index in [2.05, 4.69) is 38.4 Å². The first kappa shape index (κ1) is 10.1. The minimum Gasteiger partial charge on any atom is -0.341 e. The third kappa shape index (κ3) is 1.54. The maximum atomic E-state index is 4.72. The number of aromatic amines is 1. The Balaban J connectivity index is 1.76. The minimum atomic E-state index is 0.444. The number of hydrogen-bond acceptors (Lipinski definition) is 2. The molecule has 88 valence electrons. The van der Waals surface area contributed by atoms with Crippen LogP contribution in [0.15, 0.2) is 22.7 Å². The van der Waals surface area contributed by atoms with Crippen molar-refractivity contribution in [3.05, 3.63) is 28.5 Å². The number of rotatable bonds is 1. The van der Waals surface area contributed by atoms with E-state index < -0.39 is 0 Å². The molecule has 0 spiro atoms. The zero-order valence-electron chi connectivity index (χ0n) is 9.41. The molecule has 1 saturated carbocycles. The van der Waals surface area contributed by atoms with E-state index in [0.717, 1.165) is 33.3 Å². The molecule has 2 aliphatic rings. The van der Waals surface area contributed by atoms with E-state index in [0.29, 0.717) is 6.04 Å². The van der Waals surface area contributed by atoms with Gasteiger partial charge in [0.15, 0.2) is 0 Å². The van der Waals surface area contributed by atoms with Crippen LogP contribution >= 0.6 is 15.9 Å². The van der Waals surface area contributed by atoms with E-state index in [4.69, 9.17) is 4.98 Å². The number of aromatic nitrogens is 2. The quantitative estimate of drug-likeness (QED) is 0.847. The summed E-state index contributed by atoms with van der Waals surface area (Å²) in [7, 11) is 0. The van der Waals surface area contributed by atoms with Gasteiger partial charge in [0, 0.05) is 10.5 Å². The van der Waals surface area contributed by atoms with Crippen molar-refractivity contribution < 1.29 is 0 Å². The van der Waals surface area contributed by atoms with Crippen molar-refractivity contribution >= 4 is 27.0 Å². The molecule has 4 heteroatoms. The average molecular weight is 292 g/mol. The van der Waals surface area contributed by atoms with Crippen molar-refractivity contribution in [1.29, 1.82) is 0 Å². The summed E-state index contributed by atoms with van der Waals surface area (Å²) in [5.74, 6) is 1.90. The first-order chi connectivity index (χ1) is 8.29. The molecule has 3 nitrogen and oxygen atoms in total. The van der Waals surface area contributed by atoms with Crippen LogP contribution in [0.3, 0.4) is 0 Å². The Morgan fingerprint density at radius 2 is 2.24 bits per heavy atom. The standard InChI is InChI=1S/C13H14BrN3/c14-8-2-4-10-11(6-8)17-13(16-10)12-7-1-3-9(5-7)15-12/h2,4,6-7,9,12,15H,1,3,5H2,(H,16,17)/t7-,9+,12-/m0/s1. The molecular formula is C13H14BrN3. The molecule has 2 heterocycles. The molecule has 2 fully saturated rings. The van der Waals surface area contributed by atoms with Gasteiger partial charge in [0.1, 0.15) is 5.82 Å². The predicted molar refractivity (Wildman–Crippen MR) is 70.8 cm³/mol. The first-order valence-corrected chi connectivity index (χ1v) is 7.00. The van der Waals surface area contributed by atoms with Gasteiger partial charge in [-0.3, -0.25) is 0 Å². The van der Waals surface area contributed by atoms with Crippen LogP contribution in [-0.2, 0) is 0 Å². The van der Waals surface area contributed by atoms with Crippen LogP contribution < -0.4 is 5.32 Å². The van der Waals surface area contributed by atoms with E-state index in [-0.39, 0.29) is 0 Å².